The number of hydrogen-bond donors (Lipinski definition) is 2. The molecule has 1 aromatic rings. The lowest BCUT2D eigenvalue weighted by atomic mass is 10.1. The van der Waals surface area contributed by atoms with E-state index in [0.717, 1.165) is 0 Å². The first-order valence-electron chi connectivity index (χ1n) is 5.68. The van der Waals surface area contributed by atoms with Crippen LogP contribution in [0.3, 0.4) is 0 Å². The molecule has 0 spiro atoms. The number of anilines is 2. The third-order valence-electron chi connectivity index (χ3n) is 3.10. The summed E-state index contributed by atoms with van der Waals surface area (Å²) in [5.74, 6) is 0.132. The van der Waals surface area contributed by atoms with Gasteiger partial charge in [0.2, 0.25) is 0 Å². The molecule has 94 valence electrons. The minimum Gasteiger partial charge on any atom is -0.495 e. The Bertz CT molecular complexity index is 404. The van der Waals surface area contributed by atoms with Crippen molar-refractivity contribution >= 4 is 11.4 Å². The molecule has 0 amide bonds. The van der Waals surface area contributed by atoms with Crippen molar-refractivity contribution in [1.82, 2.24) is 0 Å². The number of aliphatic hydroxyl groups excluding tert-OH is 1. The highest BCUT2D eigenvalue weighted by atomic mass is 19.1. The standard InChI is InChI=1S/C12H17FN2O2/c1-17-12-7-11(9(13)6-10(12)14)15-4-2-8(16)3-5-15/h6-8,16H,2-5,14H2,1H3. The maximum Gasteiger partial charge on any atom is 0.148 e. The first-order valence-corrected chi connectivity index (χ1v) is 5.68. The fraction of sp³-hybridized carbons (Fsp3) is 0.500. The van der Waals surface area contributed by atoms with E-state index in [1.54, 1.807) is 6.07 Å². The summed E-state index contributed by atoms with van der Waals surface area (Å²) >= 11 is 0. The molecule has 5 heteroatoms. The number of rotatable bonds is 2. The normalized spacial score (nSPS) is 17.2. The number of hydrogen-bond acceptors (Lipinski definition) is 4. The van der Waals surface area contributed by atoms with Gasteiger partial charge in [-0.3, -0.25) is 0 Å². The zero-order valence-electron chi connectivity index (χ0n) is 9.82. The predicted molar refractivity (Wildman–Crippen MR) is 64.8 cm³/mol. The van der Waals surface area contributed by atoms with Crippen molar-refractivity contribution in [3.8, 4) is 5.75 Å². The second-order valence-corrected chi connectivity index (χ2v) is 4.26. The Hall–Kier alpha value is -1.49. The van der Waals surface area contributed by atoms with Crippen LogP contribution in [0.1, 0.15) is 12.8 Å². The molecule has 0 aromatic heterocycles. The van der Waals surface area contributed by atoms with Crippen molar-refractivity contribution in [2.45, 2.75) is 18.9 Å². The molecule has 0 aliphatic carbocycles. The van der Waals surface area contributed by atoms with E-state index in [1.807, 2.05) is 4.90 Å². The zero-order chi connectivity index (χ0) is 12.4. The number of halogens is 1. The minimum atomic E-state index is -0.348. The van der Waals surface area contributed by atoms with E-state index in [9.17, 15) is 9.50 Å². The number of nitrogens with two attached hydrogens (primary N) is 1. The Labute approximate surface area is 99.8 Å². The van der Waals surface area contributed by atoms with Crippen molar-refractivity contribution in [2.75, 3.05) is 30.8 Å². The Morgan fingerprint density at radius 1 is 1.41 bits per heavy atom. The van der Waals surface area contributed by atoms with Gasteiger partial charge in [0.05, 0.1) is 24.6 Å². The third kappa shape index (κ3) is 2.44. The molecule has 0 radical (unpaired) electrons. The lowest BCUT2D eigenvalue weighted by molar-refractivity contribution is 0.145. The van der Waals surface area contributed by atoms with Gasteiger partial charge in [0.1, 0.15) is 11.6 Å². The van der Waals surface area contributed by atoms with E-state index in [2.05, 4.69) is 0 Å². The van der Waals surface area contributed by atoms with Gasteiger partial charge in [0, 0.05) is 25.2 Å². The van der Waals surface area contributed by atoms with Gasteiger partial charge >= 0.3 is 0 Å². The van der Waals surface area contributed by atoms with Crippen LogP contribution < -0.4 is 15.4 Å². The van der Waals surface area contributed by atoms with Crippen LogP contribution in [0.2, 0.25) is 0 Å². The number of nitrogens with zero attached hydrogens (tertiary/aromatic N) is 1. The Kier molecular flexibility index (Phi) is 3.38. The van der Waals surface area contributed by atoms with Crippen molar-refractivity contribution in [1.29, 1.82) is 0 Å². The smallest absolute Gasteiger partial charge is 0.148 e. The largest absolute Gasteiger partial charge is 0.495 e. The molecule has 0 bridgehead atoms. The number of piperidine rings is 1. The molecule has 1 aliphatic rings. The van der Waals surface area contributed by atoms with Crippen molar-refractivity contribution in [3.63, 3.8) is 0 Å². The maximum atomic E-state index is 13.8. The number of ether oxygens (including phenoxy) is 1. The first-order chi connectivity index (χ1) is 8.11. The quantitative estimate of drug-likeness (QED) is 0.767. The summed E-state index contributed by atoms with van der Waals surface area (Å²) in [6.45, 7) is 1.29. The highest BCUT2D eigenvalue weighted by Crippen LogP contribution is 2.32. The summed E-state index contributed by atoms with van der Waals surface area (Å²) in [6, 6.07) is 2.89. The van der Waals surface area contributed by atoms with Gasteiger partial charge in [0.25, 0.3) is 0 Å². The van der Waals surface area contributed by atoms with E-state index in [-0.39, 0.29) is 11.9 Å². The Balaban J connectivity index is 2.25. The van der Waals surface area contributed by atoms with Crippen LogP contribution in [0, 0.1) is 5.82 Å². The monoisotopic (exact) mass is 240 g/mol. The van der Waals surface area contributed by atoms with Crippen LogP contribution in [-0.4, -0.2) is 31.4 Å². The molecule has 0 unspecified atom stereocenters. The molecule has 1 fully saturated rings. The first kappa shape index (κ1) is 12.0. The number of nitrogen functional groups attached to an aromatic ring is 1. The van der Waals surface area contributed by atoms with Crippen LogP contribution in [-0.2, 0) is 0 Å². The van der Waals surface area contributed by atoms with E-state index >= 15 is 0 Å². The average Bonchev–Trinajstić information content (AvgIpc) is 2.31. The van der Waals surface area contributed by atoms with Gasteiger partial charge < -0.3 is 20.5 Å². The summed E-state index contributed by atoms with van der Waals surface area (Å²) in [4.78, 5) is 1.91. The van der Waals surface area contributed by atoms with Crippen LogP contribution in [0.15, 0.2) is 12.1 Å². The Morgan fingerprint density at radius 2 is 2.06 bits per heavy atom. The molecule has 17 heavy (non-hydrogen) atoms. The third-order valence-corrected chi connectivity index (χ3v) is 3.10. The topological polar surface area (TPSA) is 58.7 Å². The number of benzene rings is 1. The lowest BCUT2D eigenvalue weighted by Gasteiger charge is -2.32. The van der Waals surface area contributed by atoms with Crippen molar-refractivity contribution in [3.05, 3.63) is 17.9 Å². The molecule has 3 N–H and O–H groups in total. The van der Waals surface area contributed by atoms with Gasteiger partial charge in [-0.2, -0.15) is 0 Å². The summed E-state index contributed by atoms with van der Waals surface area (Å²) in [5.41, 5.74) is 6.41. The van der Waals surface area contributed by atoms with E-state index in [0.29, 0.717) is 43.1 Å². The molecular formula is C12H17FN2O2. The van der Waals surface area contributed by atoms with Gasteiger partial charge in [-0.05, 0) is 12.8 Å². The molecule has 0 atom stereocenters. The molecule has 1 aromatic carbocycles. The SMILES string of the molecule is COc1cc(N2CCC(O)CC2)c(F)cc1N. The van der Waals surface area contributed by atoms with Gasteiger partial charge in [-0.1, -0.05) is 0 Å². The van der Waals surface area contributed by atoms with E-state index in [1.165, 1.54) is 13.2 Å². The average molecular weight is 240 g/mol. The lowest BCUT2D eigenvalue weighted by Crippen LogP contribution is -2.36. The zero-order valence-corrected chi connectivity index (χ0v) is 9.82. The van der Waals surface area contributed by atoms with Crippen molar-refractivity contribution < 1.29 is 14.2 Å². The van der Waals surface area contributed by atoms with E-state index in [4.69, 9.17) is 10.5 Å². The fourth-order valence-corrected chi connectivity index (χ4v) is 2.08. The molecule has 2 rings (SSSR count). The van der Waals surface area contributed by atoms with Crippen LogP contribution in [0.25, 0.3) is 0 Å². The fourth-order valence-electron chi connectivity index (χ4n) is 2.08. The summed E-state index contributed by atoms with van der Waals surface area (Å²) in [7, 11) is 1.51. The minimum absolute atomic E-state index is 0.273. The summed E-state index contributed by atoms with van der Waals surface area (Å²) in [6.07, 6.45) is 1.04. The molecule has 1 saturated heterocycles. The second-order valence-electron chi connectivity index (χ2n) is 4.26. The van der Waals surface area contributed by atoms with Gasteiger partial charge in [-0.25, -0.2) is 4.39 Å². The van der Waals surface area contributed by atoms with Crippen LogP contribution in [0.4, 0.5) is 15.8 Å². The second kappa shape index (κ2) is 4.79. The highest BCUT2D eigenvalue weighted by Gasteiger charge is 2.20. The highest BCUT2D eigenvalue weighted by molar-refractivity contribution is 5.63. The molecular weight excluding hydrogens is 223 g/mol. The molecule has 0 saturated carbocycles. The van der Waals surface area contributed by atoms with Gasteiger partial charge in [-0.15, -0.1) is 0 Å². The molecule has 1 heterocycles. The maximum absolute atomic E-state index is 13.8. The number of aliphatic hydroxyl groups is 1. The van der Waals surface area contributed by atoms with Crippen molar-refractivity contribution in [2.24, 2.45) is 0 Å². The van der Waals surface area contributed by atoms with Crippen LogP contribution >= 0.6 is 0 Å². The summed E-state index contributed by atoms with van der Waals surface area (Å²) < 4.78 is 18.9. The van der Waals surface area contributed by atoms with Crippen LogP contribution in [0.5, 0.6) is 5.75 Å². The number of methoxy groups -OCH3 is 1. The van der Waals surface area contributed by atoms with E-state index < -0.39 is 0 Å². The Morgan fingerprint density at radius 3 is 2.65 bits per heavy atom. The molecule has 1 aliphatic heterocycles. The summed E-state index contributed by atoms with van der Waals surface area (Å²) in [5, 5.41) is 9.42. The van der Waals surface area contributed by atoms with Gasteiger partial charge in [0.15, 0.2) is 0 Å². The predicted octanol–water partition coefficient (Wildman–Crippen LogP) is 1.38. The molecule has 4 nitrogen and oxygen atoms in total.